The number of hydrogen-bond donors (Lipinski definition) is 1. The molecule has 0 aliphatic carbocycles. The van der Waals surface area contributed by atoms with Crippen LogP contribution in [0.25, 0.3) is 11.1 Å². The number of carbonyl (C=O) groups is 2. The van der Waals surface area contributed by atoms with E-state index < -0.39 is 29.6 Å². The van der Waals surface area contributed by atoms with Gasteiger partial charge in [-0.1, -0.05) is 23.9 Å². The van der Waals surface area contributed by atoms with Gasteiger partial charge in [0.1, 0.15) is 22.9 Å². The summed E-state index contributed by atoms with van der Waals surface area (Å²) in [6, 6.07) is 9.89. The van der Waals surface area contributed by atoms with Gasteiger partial charge in [-0.2, -0.15) is 0 Å². The Hall–Kier alpha value is -2.94. The van der Waals surface area contributed by atoms with Crippen LogP contribution in [0.5, 0.6) is 0 Å². The molecule has 1 amide bonds. The summed E-state index contributed by atoms with van der Waals surface area (Å²) in [4.78, 5) is 28.1. The van der Waals surface area contributed by atoms with E-state index in [4.69, 9.17) is 9.15 Å². The second-order valence-electron chi connectivity index (χ2n) is 5.48. The quantitative estimate of drug-likeness (QED) is 0.508. The molecular formula is C18H14F2N2O4S. The van der Waals surface area contributed by atoms with Crippen molar-refractivity contribution in [3.05, 3.63) is 54.1 Å². The zero-order valence-corrected chi connectivity index (χ0v) is 14.9. The topological polar surface area (TPSA) is 81.4 Å². The maximum absolute atomic E-state index is 13.5. The number of amides is 1. The third-order valence-corrected chi connectivity index (χ3v) is 4.26. The van der Waals surface area contributed by atoms with Gasteiger partial charge in [-0.25, -0.2) is 13.8 Å². The number of hydrogen-bond acceptors (Lipinski definition) is 6. The molecule has 3 rings (SSSR count). The number of esters is 1. The third-order valence-electron chi connectivity index (χ3n) is 3.45. The Balaban J connectivity index is 1.51. The molecular weight excluding hydrogens is 378 g/mol. The summed E-state index contributed by atoms with van der Waals surface area (Å²) in [6.07, 6.45) is -1.16. The molecule has 0 aliphatic rings. The number of carbonyl (C=O) groups excluding carboxylic acids is 2. The number of oxazole rings is 1. The number of aromatic nitrogens is 1. The SMILES string of the molecule is CC(OC(=O)CSc1nc2ccccc2o1)C(=O)Nc1ccc(F)cc1F. The highest BCUT2D eigenvalue weighted by Crippen LogP contribution is 2.23. The Kier molecular flexibility index (Phi) is 5.70. The Labute approximate surface area is 156 Å². The Morgan fingerprint density at radius 1 is 1.26 bits per heavy atom. The number of halogens is 2. The minimum absolute atomic E-state index is 0.116. The molecule has 0 fully saturated rings. The maximum atomic E-state index is 13.5. The Morgan fingerprint density at radius 2 is 2.04 bits per heavy atom. The monoisotopic (exact) mass is 392 g/mol. The van der Waals surface area contributed by atoms with Crippen molar-refractivity contribution in [2.24, 2.45) is 0 Å². The Bertz CT molecular complexity index is 959. The lowest BCUT2D eigenvalue weighted by atomic mass is 10.2. The number of para-hydroxylation sites is 2. The molecule has 1 heterocycles. The lowest BCUT2D eigenvalue weighted by molar-refractivity contribution is -0.150. The fourth-order valence-corrected chi connectivity index (χ4v) is 2.76. The van der Waals surface area contributed by atoms with Gasteiger partial charge >= 0.3 is 5.97 Å². The van der Waals surface area contributed by atoms with Gasteiger partial charge in [0.25, 0.3) is 11.1 Å². The van der Waals surface area contributed by atoms with Crippen molar-refractivity contribution in [3.63, 3.8) is 0 Å². The van der Waals surface area contributed by atoms with Crippen molar-refractivity contribution in [2.75, 3.05) is 11.1 Å². The van der Waals surface area contributed by atoms with Gasteiger partial charge in [-0.3, -0.25) is 9.59 Å². The summed E-state index contributed by atoms with van der Waals surface area (Å²) in [5, 5.41) is 2.54. The van der Waals surface area contributed by atoms with Gasteiger partial charge in [0, 0.05) is 6.07 Å². The van der Waals surface area contributed by atoms with Gasteiger partial charge in [-0.15, -0.1) is 0 Å². The van der Waals surface area contributed by atoms with Crippen molar-refractivity contribution in [2.45, 2.75) is 18.3 Å². The van der Waals surface area contributed by atoms with Gasteiger partial charge < -0.3 is 14.5 Å². The molecule has 0 spiro atoms. The molecule has 0 saturated heterocycles. The van der Waals surface area contributed by atoms with Crippen molar-refractivity contribution in [3.8, 4) is 0 Å². The normalized spacial score (nSPS) is 12.0. The summed E-state index contributed by atoms with van der Waals surface area (Å²) in [5.74, 6) is -3.20. The average molecular weight is 392 g/mol. The van der Waals surface area contributed by atoms with Crippen LogP contribution < -0.4 is 5.32 Å². The number of rotatable bonds is 6. The molecule has 0 radical (unpaired) electrons. The third kappa shape index (κ3) is 4.82. The van der Waals surface area contributed by atoms with Gasteiger partial charge in [-0.05, 0) is 31.2 Å². The highest BCUT2D eigenvalue weighted by Gasteiger charge is 2.20. The van der Waals surface area contributed by atoms with Crippen LogP contribution in [0.2, 0.25) is 0 Å². The molecule has 0 bridgehead atoms. The van der Waals surface area contributed by atoms with Crippen LogP contribution >= 0.6 is 11.8 Å². The van der Waals surface area contributed by atoms with E-state index in [2.05, 4.69) is 10.3 Å². The van der Waals surface area contributed by atoms with Crippen LogP contribution in [0.1, 0.15) is 6.92 Å². The molecule has 1 unspecified atom stereocenters. The van der Waals surface area contributed by atoms with E-state index in [1.54, 1.807) is 18.2 Å². The van der Waals surface area contributed by atoms with Gasteiger partial charge in [0.15, 0.2) is 11.7 Å². The molecule has 9 heteroatoms. The fraction of sp³-hybridized carbons (Fsp3) is 0.167. The van der Waals surface area contributed by atoms with Crippen LogP contribution in [0.3, 0.4) is 0 Å². The first kappa shape index (κ1) is 18.8. The van der Waals surface area contributed by atoms with Crippen molar-refractivity contribution >= 4 is 40.4 Å². The molecule has 1 aromatic heterocycles. The zero-order valence-electron chi connectivity index (χ0n) is 14.1. The molecule has 27 heavy (non-hydrogen) atoms. The van der Waals surface area contributed by atoms with E-state index in [0.29, 0.717) is 22.4 Å². The first-order chi connectivity index (χ1) is 12.9. The highest BCUT2D eigenvalue weighted by atomic mass is 32.2. The summed E-state index contributed by atoms with van der Waals surface area (Å²) < 4.78 is 36.9. The van der Waals surface area contributed by atoms with Crippen LogP contribution in [0.15, 0.2) is 52.1 Å². The Morgan fingerprint density at radius 3 is 2.78 bits per heavy atom. The van der Waals surface area contributed by atoms with E-state index in [0.717, 1.165) is 23.9 Å². The number of benzene rings is 2. The molecule has 140 valence electrons. The molecule has 0 saturated carbocycles. The minimum atomic E-state index is -1.16. The van der Waals surface area contributed by atoms with Crippen LogP contribution in [0.4, 0.5) is 14.5 Å². The second-order valence-corrected chi connectivity index (χ2v) is 6.41. The van der Waals surface area contributed by atoms with E-state index in [1.807, 2.05) is 6.07 Å². The van der Waals surface area contributed by atoms with E-state index in [9.17, 15) is 18.4 Å². The van der Waals surface area contributed by atoms with E-state index in [1.165, 1.54) is 6.92 Å². The van der Waals surface area contributed by atoms with Crippen molar-refractivity contribution < 1.29 is 27.5 Å². The number of fused-ring (bicyclic) bond motifs is 1. The molecule has 2 aromatic carbocycles. The predicted molar refractivity (Wildman–Crippen MR) is 95.3 cm³/mol. The van der Waals surface area contributed by atoms with E-state index in [-0.39, 0.29) is 11.4 Å². The number of anilines is 1. The molecule has 0 aliphatic heterocycles. The van der Waals surface area contributed by atoms with Crippen molar-refractivity contribution in [1.29, 1.82) is 0 Å². The minimum Gasteiger partial charge on any atom is -0.452 e. The molecule has 1 atom stereocenters. The maximum Gasteiger partial charge on any atom is 0.317 e. The molecule has 3 aromatic rings. The summed E-state index contributed by atoms with van der Waals surface area (Å²) >= 11 is 1.03. The second kappa shape index (κ2) is 8.17. The fourth-order valence-electron chi connectivity index (χ4n) is 2.14. The summed E-state index contributed by atoms with van der Waals surface area (Å²) in [5.41, 5.74) is 1.06. The summed E-state index contributed by atoms with van der Waals surface area (Å²) in [7, 11) is 0. The number of nitrogens with zero attached hydrogens (tertiary/aromatic N) is 1. The van der Waals surface area contributed by atoms with Gasteiger partial charge in [0.2, 0.25) is 0 Å². The largest absolute Gasteiger partial charge is 0.452 e. The lowest BCUT2D eigenvalue weighted by Gasteiger charge is -2.13. The van der Waals surface area contributed by atoms with Crippen LogP contribution in [-0.4, -0.2) is 28.7 Å². The smallest absolute Gasteiger partial charge is 0.317 e. The first-order valence-electron chi connectivity index (χ1n) is 7.86. The number of thioether (sulfide) groups is 1. The number of nitrogens with one attached hydrogen (secondary N) is 1. The highest BCUT2D eigenvalue weighted by molar-refractivity contribution is 7.99. The van der Waals surface area contributed by atoms with E-state index >= 15 is 0 Å². The first-order valence-corrected chi connectivity index (χ1v) is 8.84. The van der Waals surface area contributed by atoms with Crippen molar-refractivity contribution in [1.82, 2.24) is 4.98 Å². The predicted octanol–water partition coefficient (Wildman–Crippen LogP) is 3.77. The molecule has 6 nitrogen and oxygen atoms in total. The summed E-state index contributed by atoms with van der Waals surface area (Å²) in [6.45, 7) is 1.35. The van der Waals surface area contributed by atoms with Gasteiger partial charge in [0.05, 0.1) is 5.69 Å². The number of ether oxygens (including phenoxy) is 1. The zero-order chi connectivity index (χ0) is 19.4. The van der Waals surface area contributed by atoms with Crippen LogP contribution in [-0.2, 0) is 14.3 Å². The molecule has 1 N–H and O–H groups in total. The average Bonchev–Trinajstić information content (AvgIpc) is 3.05. The lowest BCUT2D eigenvalue weighted by Crippen LogP contribution is -2.30. The van der Waals surface area contributed by atoms with Crippen LogP contribution in [0, 0.1) is 11.6 Å². The standard InChI is InChI=1S/C18H14F2N2O4S/c1-10(17(24)21-13-7-6-11(19)8-12(13)20)25-16(23)9-27-18-22-14-4-2-3-5-15(14)26-18/h2-8,10H,9H2,1H3,(H,21,24).